The standard InChI is InChI=1S/C24H20ClN5O4S/c25-20-3-1-19-16-21(4-2-18(19)15-20)35(33,34)30-13-11-28(12-14-30)24(31)23-6-5-22(26-27-23)17-7-9-29(32)10-8-17/h1-10,15-16H,11-14H2. The highest BCUT2D eigenvalue weighted by molar-refractivity contribution is 7.89. The van der Waals surface area contributed by atoms with Gasteiger partial charge in [-0.05, 0) is 47.2 Å². The summed E-state index contributed by atoms with van der Waals surface area (Å²) in [7, 11) is -3.71. The fourth-order valence-electron chi connectivity index (χ4n) is 3.98. The Morgan fingerprint density at radius 2 is 1.57 bits per heavy atom. The Bertz CT molecular complexity index is 1500. The van der Waals surface area contributed by atoms with Crippen LogP contribution in [0.4, 0.5) is 0 Å². The molecular formula is C24H20ClN5O4S. The maximum Gasteiger partial charge on any atom is 0.274 e. The van der Waals surface area contributed by atoms with E-state index >= 15 is 0 Å². The lowest BCUT2D eigenvalue weighted by atomic mass is 10.1. The predicted octanol–water partition coefficient (Wildman–Crippen LogP) is 2.73. The van der Waals surface area contributed by atoms with Gasteiger partial charge in [0.15, 0.2) is 18.1 Å². The van der Waals surface area contributed by atoms with Crippen LogP contribution >= 0.6 is 11.6 Å². The summed E-state index contributed by atoms with van der Waals surface area (Å²) >= 11 is 6.02. The molecule has 0 unspecified atom stereocenters. The third-order valence-electron chi connectivity index (χ3n) is 5.92. The number of rotatable bonds is 4. The van der Waals surface area contributed by atoms with Crippen molar-refractivity contribution in [3.05, 3.63) is 89.0 Å². The number of halogens is 1. The van der Waals surface area contributed by atoms with Gasteiger partial charge in [-0.3, -0.25) is 4.79 Å². The minimum absolute atomic E-state index is 0.174. The molecule has 1 amide bonds. The van der Waals surface area contributed by atoms with E-state index < -0.39 is 10.0 Å². The SMILES string of the molecule is O=C(c1ccc(-c2cc[n+]([O-])cc2)nn1)N1CCN(S(=O)(=O)c2ccc3cc(Cl)ccc3c2)CC1. The highest BCUT2D eigenvalue weighted by Gasteiger charge is 2.31. The van der Waals surface area contributed by atoms with Gasteiger partial charge in [0.2, 0.25) is 10.0 Å². The van der Waals surface area contributed by atoms with Gasteiger partial charge in [-0.25, -0.2) is 8.42 Å². The molecule has 0 aliphatic carbocycles. The summed E-state index contributed by atoms with van der Waals surface area (Å²) in [6.07, 6.45) is 2.72. The quantitative estimate of drug-likeness (QED) is 0.309. The Kier molecular flexibility index (Phi) is 6.10. The first-order valence-corrected chi connectivity index (χ1v) is 12.6. The Labute approximate surface area is 206 Å². The largest absolute Gasteiger partial charge is 0.619 e. The molecule has 0 atom stereocenters. The lowest BCUT2D eigenvalue weighted by Crippen LogP contribution is -2.50. The molecule has 0 spiro atoms. The zero-order valence-corrected chi connectivity index (χ0v) is 20.0. The smallest absolute Gasteiger partial charge is 0.274 e. The summed E-state index contributed by atoms with van der Waals surface area (Å²) in [6, 6.07) is 16.7. The molecule has 9 nitrogen and oxygen atoms in total. The molecule has 0 bridgehead atoms. The fraction of sp³-hybridized carbons (Fsp3) is 0.167. The van der Waals surface area contributed by atoms with Crippen LogP contribution in [0.25, 0.3) is 22.0 Å². The maximum absolute atomic E-state index is 13.2. The molecule has 0 saturated carbocycles. The zero-order valence-electron chi connectivity index (χ0n) is 18.4. The number of hydrogen-bond acceptors (Lipinski definition) is 6. The Morgan fingerprint density at radius 3 is 2.26 bits per heavy atom. The van der Waals surface area contributed by atoms with Gasteiger partial charge in [0, 0.05) is 48.9 Å². The average Bonchev–Trinajstić information content (AvgIpc) is 2.88. The van der Waals surface area contributed by atoms with Gasteiger partial charge in [-0.2, -0.15) is 9.04 Å². The number of amides is 1. The normalized spacial score (nSPS) is 14.8. The number of benzene rings is 2. The molecule has 0 N–H and O–H groups in total. The zero-order chi connectivity index (χ0) is 24.6. The van der Waals surface area contributed by atoms with E-state index in [1.165, 1.54) is 16.7 Å². The van der Waals surface area contributed by atoms with Crippen LogP contribution in [0.2, 0.25) is 5.02 Å². The van der Waals surface area contributed by atoms with Crippen molar-refractivity contribution >= 4 is 38.3 Å². The molecule has 1 aliphatic rings. The van der Waals surface area contributed by atoms with E-state index in [2.05, 4.69) is 10.2 Å². The first-order chi connectivity index (χ1) is 16.8. The molecule has 4 aromatic rings. The first-order valence-electron chi connectivity index (χ1n) is 10.8. The van der Waals surface area contributed by atoms with Gasteiger partial charge >= 0.3 is 0 Å². The second-order valence-electron chi connectivity index (χ2n) is 8.10. The molecular weight excluding hydrogens is 490 g/mol. The van der Waals surface area contributed by atoms with E-state index in [-0.39, 0.29) is 42.7 Å². The lowest BCUT2D eigenvalue weighted by Gasteiger charge is -2.33. The molecule has 11 heteroatoms. The first kappa shape index (κ1) is 23.2. The van der Waals surface area contributed by atoms with E-state index in [0.29, 0.717) is 21.0 Å². The van der Waals surface area contributed by atoms with Crippen molar-refractivity contribution in [3.8, 4) is 11.3 Å². The molecule has 1 saturated heterocycles. The van der Waals surface area contributed by atoms with Gasteiger partial charge in [0.25, 0.3) is 5.91 Å². The maximum atomic E-state index is 13.2. The Balaban J connectivity index is 1.26. The van der Waals surface area contributed by atoms with Crippen LogP contribution in [0, 0.1) is 5.21 Å². The van der Waals surface area contributed by atoms with Crippen LogP contribution in [0.15, 0.2) is 78.0 Å². The van der Waals surface area contributed by atoms with Crippen molar-refractivity contribution in [1.29, 1.82) is 0 Å². The van der Waals surface area contributed by atoms with E-state index in [1.54, 1.807) is 65.6 Å². The topological polar surface area (TPSA) is 110 Å². The summed E-state index contributed by atoms with van der Waals surface area (Å²) < 4.78 is 28.4. The van der Waals surface area contributed by atoms with Crippen molar-refractivity contribution in [2.45, 2.75) is 4.90 Å². The van der Waals surface area contributed by atoms with Crippen molar-refractivity contribution in [2.75, 3.05) is 26.2 Å². The number of nitrogens with zero attached hydrogens (tertiary/aromatic N) is 5. The number of piperazine rings is 1. The van der Waals surface area contributed by atoms with Crippen molar-refractivity contribution < 1.29 is 17.9 Å². The van der Waals surface area contributed by atoms with Crippen LogP contribution < -0.4 is 4.73 Å². The highest BCUT2D eigenvalue weighted by Crippen LogP contribution is 2.25. The number of carbonyl (C=O) groups excluding carboxylic acids is 1. The molecule has 2 aromatic carbocycles. The molecule has 1 aliphatic heterocycles. The van der Waals surface area contributed by atoms with E-state index in [9.17, 15) is 18.4 Å². The molecule has 2 aromatic heterocycles. The Hall–Kier alpha value is -3.60. The second-order valence-corrected chi connectivity index (χ2v) is 10.5. The van der Waals surface area contributed by atoms with E-state index in [1.807, 2.05) is 0 Å². The minimum atomic E-state index is -3.71. The van der Waals surface area contributed by atoms with Crippen LogP contribution in [0.3, 0.4) is 0 Å². The van der Waals surface area contributed by atoms with Crippen molar-refractivity contribution in [1.82, 2.24) is 19.4 Å². The minimum Gasteiger partial charge on any atom is -0.619 e. The summed E-state index contributed by atoms with van der Waals surface area (Å²) in [5, 5.41) is 21.6. The predicted molar refractivity (Wildman–Crippen MR) is 130 cm³/mol. The molecule has 3 heterocycles. The third-order valence-corrected chi connectivity index (χ3v) is 8.05. The molecule has 178 valence electrons. The number of carbonyl (C=O) groups is 1. The summed E-state index contributed by atoms with van der Waals surface area (Å²) in [5.74, 6) is -0.311. The van der Waals surface area contributed by atoms with E-state index in [0.717, 1.165) is 10.8 Å². The van der Waals surface area contributed by atoms with Gasteiger partial charge in [0.1, 0.15) is 0 Å². The van der Waals surface area contributed by atoms with Crippen molar-refractivity contribution in [2.24, 2.45) is 0 Å². The van der Waals surface area contributed by atoms with Crippen LogP contribution in [-0.4, -0.2) is 59.9 Å². The number of sulfonamides is 1. The van der Waals surface area contributed by atoms with Crippen molar-refractivity contribution in [3.63, 3.8) is 0 Å². The molecule has 5 rings (SSSR count). The van der Waals surface area contributed by atoms with Gasteiger partial charge in [-0.1, -0.05) is 23.7 Å². The highest BCUT2D eigenvalue weighted by atomic mass is 35.5. The second kappa shape index (κ2) is 9.21. The summed E-state index contributed by atoms with van der Waals surface area (Å²) in [5.41, 5.74) is 1.42. The third kappa shape index (κ3) is 4.68. The van der Waals surface area contributed by atoms with E-state index in [4.69, 9.17) is 11.6 Å². The van der Waals surface area contributed by atoms with Crippen LogP contribution in [-0.2, 0) is 10.0 Å². The average molecular weight is 510 g/mol. The molecule has 1 fully saturated rings. The number of aromatic nitrogens is 3. The van der Waals surface area contributed by atoms with Gasteiger partial charge < -0.3 is 10.1 Å². The summed E-state index contributed by atoms with van der Waals surface area (Å²) in [4.78, 5) is 14.7. The number of pyridine rings is 1. The van der Waals surface area contributed by atoms with Gasteiger partial charge in [0.05, 0.1) is 10.6 Å². The summed E-state index contributed by atoms with van der Waals surface area (Å²) in [6.45, 7) is 0.842. The molecule has 0 radical (unpaired) electrons. The lowest BCUT2D eigenvalue weighted by molar-refractivity contribution is -0.605. The Morgan fingerprint density at radius 1 is 0.886 bits per heavy atom. The van der Waals surface area contributed by atoms with Crippen LogP contribution in [0.5, 0.6) is 0 Å². The molecule has 35 heavy (non-hydrogen) atoms. The number of fused-ring (bicyclic) bond motifs is 1. The van der Waals surface area contributed by atoms with Crippen LogP contribution in [0.1, 0.15) is 10.5 Å². The number of hydrogen-bond donors (Lipinski definition) is 0. The monoisotopic (exact) mass is 509 g/mol. The van der Waals surface area contributed by atoms with Gasteiger partial charge in [-0.15, -0.1) is 10.2 Å². The fourth-order valence-corrected chi connectivity index (χ4v) is 5.62.